The van der Waals surface area contributed by atoms with E-state index in [2.05, 4.69) is 10.6 Å². The third-order valence-electron chi connectivity index (χ3n) is 4.80. The highest BCUT2D eigenvalue weighted by Gasteiger charge is 2.14. The molecule has 7 heteroatoms. The van der Waals surface area contributed by atoms with Crippen LogP contribution in [0.25, 0.3) is 10.8 Å². The zero-order valence-electron chi connectivity index (χ0n) is 17.6. The molecule has 2 N–H and O–H groups in total. The molecule has 7 nitrogen and oxygen atoms in total. The predicted molar refractivity (Wildman–Crippen MR) is 120 cm³/mol. The summed E-state index contributed by atoms with van der Waals surface area (Å²) in [4.78, 5) is 38.2. The largest absolute Gasteiger partial charge is 0.497 e. The fraction of sp³-hybridized carbons (Fsp3) is 0.208. The summed E-state index contributed by atoms with van der Waals surface area (Å²) in [6.07, 6.45) is 0.0995. The summed E-state index contributed by atoms with van der Waals surface area (Å²) in [7, 11) is 3.10. The van der Waals surface area contributed by atoms with Gasteiger partial charge in [-0.05, 0) is 35.0 Å². The summed E-state index contributed by atoms with van der Waals surface area (Å²) in [6, 6.07) is 20.2. The molecule has 0 bridgehead atoms. The number of ether oxygens (including phenoxy) is 1. The van der Waals surface area contributed by atoms with E-state index in [9.17, 15) is 14.4 Å². The van der Waals surface area contributed by atoms with Gasteiger partial charge in [-0.2, -0.15) is 0 Å². The third kappa shape index (κ3) is 6.05. The Bertz CT molecular complexity index is 1100. The Balaban J connectivity index is 1.44. The van der Waals surface area contributed by atoms with Crippen molar-refractivity contribution in [1.29, 1.82) is 0 Å². The van der Waals surface area contributed by atoms with Gasteiger partial charge in [0.25, 0.3) is 5.91 Å². The lowest BCUT2D eigenvalue weighted by atomic mass is 10.1. The number of carbonyl (C=O) groups excluding carboxylic acids is 3. The maximum atomic E-state index is 12.4. The number of hydrogen-bond acceptors (Lipinski definition) is 4. The van der Waals surface area contributed by atoms with Gasteiger partial charge in [0.15, 0.2) is 0 Å². The molecule has 0 aliphatic carbocycles. The summed E-state index contributed by atoms with van der Waals surface area (Å²) in [5.74, 6) is -0.162. The van der Waals surface area contributed by atoms with Crippen molar-refractivity contribution in [3.8, 4) is 5.75 Å². The van der Waals surface area contributed by atoms with Crippen molar-refractivity contribution >= 4 is 34.2 Å². The summed E-state index contributed by atoms with van der Waals surface area (Å²) in [6.45, 7) is 0.0982. The van der Waals surface area contributed by atoms with E-state index in [0.29, 0.717) is 17.0 Å². The molecule has 160 valence electrons. The molecule has 0 unspecified atom stereocenters. The Hall–Kier alpha value is -3.87. The Morgan fingerprint density at radius 1 is 0.935 bits per heavy atom. The summed E-state index contributed by atoms with van der Waals surface area (Å²) in [5.41, 5.74) is 1.13. The molecule has 3 amide bonds. The van der Waals surface area contributed by atoms with E-state index in [0.717, 1.165) is 10.8 Å². The first kappa shape index (κ1) is 21.8. The van der Waals surface area contributed by atoms with Crippen molar-refractivity contribution in [1.82, 2.24) is 10.2 Å². The van der Waals surface area contributed by atoms with Crippen LogP contribution in [0.4, 0.5) is 5.69 Å². The van der Waals surface area contributed by atoms with Crippen LogP contribution in [0.1, 0.15) is 16.8 Å². The van der Waals surface area contributed by atoms with Crippen LogP contribution in [-0.4, -0.2) is 49.9 Å². The van der Waals surface area contributed by atoms with Crippen molar-refractivity contribution in [3.63, 3.8) is 0 Å². The lowest BCUT2D eigenvalue weighted by Gasteiger charge is -2.17. The molecular formula is C24H25N3O4. The fourth-order valence-corrected chi connectivity index (χ4v) is 3.11. The molecular weight excluding hydrogens is 394 g/mol. The molecule has 0 fully saturated rings. The number of amides is 3. The lowest BCUT2D eigenvalue weighted by Crippen LogP contribution is -2.37. The zero-order chi connectivity index (χ0) is 22.2. The number of benzene rings is 3. The number of rotatable bonds is 8. The van der Waals surface area contributed by atoms with Gasteiger partial charge in [-0.25, -0.2) is 0 Å². The Morgan fingerprint density at radius 3 is 2.48 bits per heavy atom. The van der Waals surface area contributed by atoms with Crippen LogP contribution in [0, 0.1) is 0 Å². The minimum absolute atomic E-state index is 0.0886. The molecule has 0 aliphatic heterocycles. The summed E-state index contributed by atoms with van der Waals surface area (Å²) < 4.78 is 5.12. The van der Waals surface area contributed by atoms with Crippen molar-refractivity contribution in [2.45, 2.75) is 6.42 Å². The van der Waals surface area contributed by atoms with Crippen LogP contribution in [0.3, 0.4) is 0 Å². The van der Waals surface area contributed by atoms with Gasteiger partial charge in [-0.3, -0.25) is 14.4 Å². The molecule has 3 rings (SSSR count). The molecule has 0 spiro atoms. The van der Waals surface area contributed by atoms with Gasteiger partial charge in [-0.15, -0.1) is 0 Å². The molecule has 0 aliphatic rings. The molecule has 0 saturated carbocycles. The molecule has 31 heavy (non-hydrogen) atoms. The van der Waals surface area contributed by atoms with E-state index in [1.54, 1.807) is 44.5 Å². The van der Waals surface area contributed by atoms with E-state index in [4.69, 9.17) is 4.74 Å². The molecule has 3 aromatic rings. The standard InChI is InChI=1S/C24H25N3O4/c1-27(16-22(28)26-20-8-5-9-21(15-20)31-2)23(29)12-13-25-24(30)19-11-10-17-6-3-4-7-18(17)14-19/h3-11,14-15H,12-13,16H2,1-2H3,(H,25,30)(H,26,28). The SMILES string of the molecule is COc1cccc(NC(=O)CN(C)C(=O)CCNC(=O)c2ccc3ccccc3c2)c1. The Kier molecular flexibility index (Phi) is 7.22. The van der Waals surface area contributed by atoms with Crippen LogP contribution in [0.15, 0.2) is 66.7 Å². The number of likely N-dealkylation sites (N-methyl/N-ethyl adjacent to an activating group) is 1. The number of anilines is 1. The third-order valence-corrected chi connectivity index (χ3v) is 4.80. The number of nitrogens with zero attached hydrogens (tertiary/aromatic N) is 1. The van der Waals surface area contributed by atoms with E-state index >= 15 is 0 Å². The lowest BCUT2D eigenvalue weighted by molar-refractivity contribution is -0.133. The first-order valence-corrected chi connectivity index (χ1v) is 9.91. The fourth-order valence-electron chi connectivity index (χ4n) is 3.11. The van der Waals surface area contributed by atoms with Gasteiger partial charge >= 0.3 is 0 Å². The molecule has 0 aromatic heterocycles. The van der Waals surface area contributed by atoms with Crippen LogP contribution < -0.4 is 15.4 Å². The van der Waals surface area contributed by atoms with Crippen LogP contribution in [0.5, 0.6) is 5.75 Å². The number of nitrogens with one attached hydrogen (secondary N) is 2. The predicted octanol–water partition coefficient (Wildman–Crippen LogP) is 3.07. The second kappa shape index (κ2) is 10.2. The number of hydrogen-bond donors (Lipinski definition) is 2. The molecule has 0 heterocycles. The monoisotopic (exact) mass is 419 g/mol. The minimum Gasteiger partial charge on any atom is -0.497 e. The van der Waals surface area contributed by atoms with Crippen LogP contribution in [-0.2, 0) is 9.59 Å². The molecule has 0 radical (unpaired) electrons. The van der Waals surface area contributed by atoms with E-state index < -0.39 is 0 Å². The normalized spacial score (nSPS) is 10.4. The van der Waals surface area contributed by atoms with Gasteiger partial charge in [0.1, 0.15) is 5.75 Å². The van der Waals surface area contributed by atoms with Gasteiger partial charge in [-0.1, -0.05) is 36.4 Å². The highest BCUT2D eigenvalue weighted by atomic mass is 16.5. The number of carbonyl (C=O) groups is 3. The van der Waals surface area contributed by atoms with Crippen molar-refractivity contribution < 1.29 is 19.1 Å². The number of methoxy groups -OCH3 is 1. The maximum Gasteiger partial charge on any atom is 0.251 e. The second-order valence-electron chi connectivity index (χ2n) is 7.10. The average Bonchev–Trinajstić information content (AvgIpc) is 2.78. The molecule has 0 atom stereocenters. The Morgan fingerprint density at radius 2 is 1.71 bits per heavy atom. The van der Waals surface area contributed by atoms with E-state index in [1.165, 1.54) is 4.90 Å². The first-order chi connectivity index (χ1) is 15.0. The zero-order valence-corrected chi connectivity index (χ0v) is 17.6. The maximum absolute atomic E-state index is 12.4. The van der Waals surface area contributed by atoms with Crippen molar-refractivity contribution in [3.05, 3.63) is 72.3 Å². The summed E-state index contributed by atoms with van der Waals surface area (Å²) in [5, 5.41) is 7.52. The summed E-state index contributed by atoms with van der Waals surface area (Å²) >= 11 is 0. The van der Waals surface area contributed by atoms with Gasteiger partial charge < -0.3 is 20.3 Å². The second-order valence-corrected chi connectivity index (χ2v) is 7.10. The average molecular weight is 419 g/mol. The minimum atomic E-state index is -0.315. The van der Waals surface area contributed by atoms with Crippen molar-refractivity contribution in [2.24, 2.45) is 0 Å². The quantitative estimate of drug-likeness (QED) is 0.587. The van der Waals surface area contributed by atoms with Gasteiger partial charge in [0, 0.05) is 37.3 Å². The van der Waals surface area contributed by atoms with E-state index in [-0.39, 0.29) is 37.2 Å². The van der Waals surface area contributed by atoms with Gasteiger partial charge in [0.05, 0.1) is 13.7 Å². The molecule has 3 aromatic carbocycles. The van der Waals surface area contributed by atoms with E-state index in [1.807, 2.05) is 36.4 Å². The number of fused-ring (bicyclic) bond motifs is 1. The van der Waals surface area contributed by atoms with Crippen molar-refractivity contribution in [2.75, 3.05) is 32.6 Å². The first-order valence-electron chi connectivity index (χ1n) is 9.91. The highest BCUT2D eigenvalue weighted by Crippen LogP contribution is 2.17. The van der Waals surface area contributed by atoms with Crippen LogP contribution in [0.2, 0.25) is 0 Å². The smallest absolute Gasteiger partial charge is 0.251 e. The van der Waals surface area contributed by atoms with Gasteiger partial charge in [0.2, 0.25) is 11.8 Å². The Labute approximate surface area is 181 Å². The topological polar surface area (TPSA) is 87.7 Å². The molecule has 0 saturated heterocycles. The van der Waals surface area contributed by atoms with Crippen LogP contribution >= 0.6 is 0 Å². The highest BCUT2D eigenvalue weighted by molar-refractivity contribution is 5.99.